The van der Waals surface area contributed by atoms with Crippen molar-refractivity contribution in [1.29, 1.82) is 0 Å². The van der Waals surface area contributed by atoms with Gasteiger partial charge in [0, 0.05) is 6.92 Å². The van der Waals surface area contributed by atoms with Crippen LogP contribution in [0.1, 0.15) is 25.5 Å². The van der Waals surface area contributed by atoms with Crippen LogP contribution in [0.5, 0.6) is 11.5 Å². The maximum Gasteiger partial charge on any atom is 0.379 e. The van der Waals surface area contributed by atoms with Gasteiger partial charge in [-0.2, -0.15) is 8.78 Å². The fraction of sp³-hybridized carbons (Fsp3) is 0.385. The van der Waals surface area contributed by atoms with Crippen LogP contribution in [-0.4, -0.2) is 29.6 Å². The molecule has 1 atom stereocenters. The van der Waals surface area contributed by atoms with Gasteiger partial charge in [0.25, 0.3) is 0 Å². The highest BCUT2D eigenvalue weighted by Crippen LogP contribution is 2.35. The van der Waals surface area contributed by atoms with E-state index in [9.17, 15) is 23.5 Å². The molecule has 116 valence electrons. The number of alkyl halides is 2. The van der Waals surface area contributed by atoms with E-state index in [0.29, 0.717) is 0 Å². The molecule has 0 bridgehead atoms. The number of aromatic hydroxyl groups is 1. The van der Waals surface area contributed by atoms with Crippen LogP contribution in [0.25, 0.3) is 0 Å². The molecule has 0 fully saturated rings. The Morgan fingerprint density at radius 1 is 1.43 bits per heavy atom. The molecule has 1 aromatic rings. The minimum absolute atomic E-state index is 0.196. The summed E-state index contributed by atoms with van der Waals surface area (Å²) in [4.78, 5) is 22.0. The smallest absolute Gasteiger partial charge is 0.379 e. The van der Waals surface area contributed by atoms with Gasteiger partial charge in [-0.05, 0) is 24.6 Å². The number of ether oxygens (including phenoxy) is 2. The normalized spacial score (nSPS) is 12.6. The number of phenols is 1. The molecule has 0 heterocycles. The van der Waals surface area contributed by atoms with E-state index in [4.69, 9.17) is 5.73 Å². The van der Waals surface area contributed by atoms with E-state index in [1.807, 2.05) is 0 Å². The Bertz CT molecular complexity index is 547. The predicted octanol–water partition coefficient (Wildman–Crippen LogP) is 1.52. The molecule has 0 radical (unpaired) electrons. The van der Waals surface area contributed by atoms with Crippen molar-refractivity contribution in [2.24, 2.45) is 5.73 Å². The maximum absolute atomic E-state index is 13.8. The van der Waals surface area contributed by atoms with Gasteiger partial charge in [-0.15, -0.1) is 0 Å². The molecule has 1 rings (SSSR count). The third-order valence-corrected chi connectivity index (χ3v) is 2.53. The molecule has 0 aromatic heterocycles. The first-order valence-corrected chi connectivity index (χ1v) is 6.02. The predicted molar refractivity (Wildman–Crippen MR) is 67.9 cm³/mol. The monoisotopic (exact) mass is 303 g/mol. The molecule has 8 heteroatoms. The van der Waals surface area contributed by atoms with Crippen molar-refractivity contribution in [3.63, 3.8) is 0 Å². The first-order chi connectivity index (χ1) is 9.70. The molecule has 3 N–H and O–H groups in total. The van der Waals surface area contributed by atoms with Crippen molar-refractivity contribution >= 4 is 11.9 Å². The van der Waals surface area contributed by atoms with Gasteiger partial charge in [0.05, 0.1) is 6.61 Å². The average molecular weight is 303 g/mol. The standard InChI is InChI=1S/C13H15F2NO5/c1-3-20-12(19)13(14,15)11(16)8-4-5-10(9(18)6-8)21-7(2)17/h4-6,11,18H,3,16H2,1-2H3/t11-/m1/s1. The topological polar surface area (TPSA) is 98.9 Å². The third kappa shape index (κ3) is 3.88. The van der Waals surface area contributed by atoms with Gasteiger partial charge >= 0.3 is 17.9 Å². The van der Waals surface area contributed by atoms with Gasteiger partial charge in [0.15, 0.2) is 11.5 Å². The summed E-state index contributed by atoms with van der Waals surface area (Å²) in [6, 6.07) is 1.12. The highest BCUT2D eigenvalue weighted by Gasteiger charge is 2.47. The summed E-state index contributed by atoms with van der Waals surface area (Å²) in [6.45, 7) is 2.30. The molecule has 21 heavy (non-hydrogen) atoms. The Labute approximate surface area is 119 Å². The first kappa shape index (κ1) is 16.8. The number of carbonyl (C=O) groups is 2. The molecule has 0 saturated carbocycles. The molecule has 0 unspecified atom stereocenters. The lowest BCUT2D eigenvalue weighted by Gasteiger charge is -2.22. The van der Waals surface area contributed by atoms with E-state index in [1.165, 1.54) is 6.92 Å². The summed E-state index contributed by atoms with van der Waals surface area (Å²) in [5, 5.41) is 9.60. The van der Waals surface area contributed by atoms with Crippen molar-refractivity contribution < 1.29 is 33.0 Å². The van der Waals surface area contributed by atoms with Gasteiger partial charge in [-0.3, -0.25) is 4.79 Å². The minimum Gasteiger partial charge on any atom is -0.504 e. The van der Waals surface area contributed by atoms with Crippen LogP contribution in [0.3, 0.4) is 0 Å². The molecule has 0 aliphatic heterocycles. The van der Waals surface area contributed by atoms with Gasteiger partial charge in [-0.1, -0.05) is 6.07 Å². The summed E-state index contributed by atoms with van der Waals surface area (Å²) in [6.07, 6.45) is 0. The van der Waals surface area contributed by atoms with E-state index < -0.39 is 29.7 Å². The summed E-state index contributed by atoms with van der Waals surface area (Å²) >= 11 is 0. The second-order valence-corrected chi connectivity index (χ2v) is 4.14. The quantitative estimate of drug-likeness (QED) is 0.632. The SMILES string of the molecule is CCOC(=O)C(F)(F)[C@H](N)c1ccc(OC(C)=O)c(O)c1. The largest absolute Gasteiger partial charge is 0.504 e. The zero-order valence-electron chi connectivity index (χ0n) is 11.4. The van der Waals surface area contributed by atoms with Crippen molar-refractivity contribution in [3.05, 3.63) is 23.8 Å². The maximum atomic E-state index is 13.8. The lowest BCUT2D eigenvalue weighted by atomic mass is 10.0. The number of esters is 2. The van der Waals surface area contributed by atoms with Crippen LogP contribution < -0.4 is 10.5 Å². The molecule has 1 aromatic carbocycles. The number of halogens is 2. The fourth-order valence-corrected chi connectivity index (χ4v) is 1.53. The van der Waals surface area contributed by atoms with Crippen molar-refractivity contribution in [3.8, 4) is 11.5 Å². The van der Waals surface area contributed by atoms with E-state index >= 15 is 0 Å². The second-order valence-electron chi connectivity index (χ2n) is 4.14. The number of benzene rings is 1. The Hall–Kier alpha value is -2.22. The fourth-order valence-electron chi connectivity index (χ4n) is 1.53. The van der Waals surface area contributed by atoms with Crippen LogP contribution in [0.15, 0.2) is 18.2 Å². The number of phenolic OH excluding ortho intramolecular Hbond substituents is 1. The van der Waals surface area contributed by atoms with Gasteiger partial charge < -0.3 is 20.3 Å². The van der Waals surface area contributed by atoms with Crippen LogP contribution in [0, 0.1) is 0 Å². The van der Waals surface area contributed by atoms with Crippen LogP contribution in [0.2, 0.25) is 0 Å². The Morgan fingerprint density at radius 3 is 2.52 bits per heavy atom. The zero-order valence-corrected chi connectivity index (χ0v) is 11.4. The molecule has 6 nitrogen and oxygen atoms in total. The van der Waals surface area contributed by atoms with Crippen molar-refractivity contribution in [2.75, 3.05) is 6.61 Å². The van der Waals surface area contributed by atoms with Gasteiger partial charge in [-0.25, -0.2) is 4.79 Å². The highest BCUT2D eigenvalue weighted by molar-refractivity contribution is 5.79. The van der Waals surface area contributed by atoms with Gasteiger partial charge in [0.2, 0.25) is 0 Å². The Kier molecular flexibility index (Phi) is 5.20. The zero-order chi connectivity index (χ0) is 16.2. The minimum atomic E-state index is -3.95. The summed E-state index contributed by atoms with van der Waals surface area (Å²) in [5.41, 5.74) is 5.15. The lowest BCUT2D eigenvalue weighted by Crippen LogP contribution is -2.41. The Balaban J connectivity index is 3.02. The number of hydrogen-bond acceptors (Lipinski definition) is 6. The molecule has 0 spiro atoms. The molecular weight excluding hydrogens is 288 g/mol. The molecule has 0 amide bonds. The molecule has 0 aliphatic carbocycles. The third-order valence-electron chi connectivity index (χ3n) is 2.53. The van der Waals surface area contributed by atoms with E-state index in [1.54, 1.807) is 0 Å². The lowest BCUT2D eigenvalue weighted by molar-refractivity contribution is -0.174. The van der Waals surface area contributed by atoms with Crippen LogP contribution in [0.4, 0.5) is 8.78 Å². The molecule has 0 saturated heterocycles. The average Bonchev–Trinajstić information content (AvgIpc) is 2.40. The molecule has 0 aliphatic rings. The second kappa shape index (κ2) is 6.49. The highest BCUT2D eigenvalue weighted by atomic mass is 19.3. The summed E-state index contributed by atoms with van der Waals surface area (Å²) < 4.78 is 36.4. The van der Waals surface area contributed by atoms with Crippen molar-refractivity contribution in [1.82, 2.24) is 0 Å². The van der Waals surface area contributed by atoms with Crippen LogP contribution in [-0.2, 0) is 14.3 Å². The van der Waals surface area contributed by atoms with Crippen molar-refractivity contribution in [2.45, 2.75) is 25.8 Å². The molecular formula is C13H15F2NO5. The number of nitrogens with two attached hydrogens (primary N) is 1. The number of rotatable bonds is 5. The Morgan fingerprint density at radius 2 is 2.05 bits per heavy atom. The number of hydrogen-bond donors (Lipinski definition) is 2. The van der Waals surface area contributed by atoms with Crippen LogP contribution >= 0.6 is 0 Å². The number of carbonyl (C=O) groups excluding carboxylic acids is 2. The summed E-state index contributed by atoms with van der Waals surface area (Å²) in [5.74, 6) is -7.12. The van der Waals surface area contributed by atoms with E-state index in [2.05, 4.69) is 9.47 Å². The van der Waals surface area contributed by atoms with E-state index in [-0.39, 0.29) is 17.9 Å². The van der Waals surface area contributed by atoms with E-state index in [0.717, 1.165) is 25.1 Å². The van der Waals surface area contributed by atoms with Gasteiger partial charge in [0.1, 0.15) is 6.04 Å². The first-order valence-electron chi connectivity index (χ1n) is 6.02. The summed E-state index contributed by atoms with van der Waals surface area (Å²) in [7, 11) is 0.